The maximum atomic E-state index is 11.1. The summed E-state index contributed by atoms with van der Waals surface area (Å²) in [6, 6.07) is 0. The van der Waals surface area contributed by atoms with Crippen LogP contribution >= 0.6 is 46.4 Å². The van der Waals surface area contributed by atoms with Gasteiger partial charge in [-0.2, -0.15) is 0 Å². The van der Waals surface area contributed by atoms with Crippen LogP contribution in [0.15, 0.2) is 0 Å². The van der Waals surface area contributed by atoms with Crippen molar-refractivity contribution in [1.82, 2.24) is 0 Å². The highest BCUT2D eigenvalue weighted by Gasteiger charge is 2.90. The Balaban J connectivity index is 2.94. The summed E-state index contributed by atoms with van der Waals surface area (Å²) in [6.07, 6.45) is 1.80. The molecule has 1 rings (SSSR count). The molecule has 1 saturated carbocycles. The third-order valence-corrected chi connectivity index (χ3v) is 5.49. The molecule has 0 aromatic heterocycles. The summed E-state index contributed by atoms with van der Waals surface area (Å²) in [5, 5.41) is 9.06. The van der Waals surface area contributed by atoms with Gasteiger partial charge in [-0.15, -0.1) is 0 Å². The normalized spacial score (nSPS) is 25.8. The van der Waals surface area contributed by atoms with Crippen LogP contribution in [0.25, 0.3) is 0 Å². The van der Waals surface area contributed by atoms with Crippen LogP contribution in [0.5, 0.6) is 0 Å². The molecular formula is C8H10Cl4O2. The van der Waals surface area contributed by atoms with Gasteiger partial charge in [-0.25, -0.2) is 0 Å². The predicted octanol–water partition coefficient (Wildman–Crippen LogP) is 3.61. The Bertz CT molecular complexity index is 248. The summed E-state index contributed by atoms with van der Waals surface area (Å²) < 4.78 is -3.19. The van der Waals surface area contributed by atoms with E-state index >= 15 is 0 Å². The zero-order valence-electron chi connectivity index (χ0n) is 7.49. The number of unbranched alkanes of at least 4 members (excludes halogenated alkanes) is 1. The molecule has 2 nitrogen and oxygen atoms in total. The number of rotatable bonds is 4. The minimum Gasteiger partial charge on any atom is -0.481 e. The van der Waals surface area contributed by atoms with Crippen LogP contribution in [-0.4, -0.2) is 19.7 Å². The van der Waals surface area contributed by atoms with E-state index in [0.29, 0.717) is 12.8 Å². The molecule has 0 radical (unpaired) electrons. The summed E-state index contributed by atoms with van der Waals surface area (Å²) in [5.74, 6) is -1.14. The minimum atomic E-state index is -1.59. The third-order valence-electron chi connectivity index (χ3n) is 2.67. The van der Waals surface area contributed by atoms with E-state index in [1.54, 1.807) is 0 Å². The zero-order chi connectivity index (χ0) is 11.2. The molecular weight excluding hydrogens is 270 g/mol. The molecule has 82 valence electrons. The van der Waals surface area contributed by atoms with Crippen molar-refractivity contribution in [2.75, 3.05) is 0 Å². The van der Waals surface area contributed by atoms with Gasteiger partial charge in [-0.05, 0) is 6.42 Å². The number of hydrogen-bond acceptors (Lipinski definition) is 1. The molecule has 0 aromatic rings. The first-order chi connectivity index (χ1) is 6.25. The van der Waals surface area contributed by atoms with Gasteiger partial charge in [0.1, 0.15) is 5.41 Å². The van der Waals surface area contributed by atoms with Gasteiger partial charge in [0, 0.05) is 0 Å². The number of carboxylic acids is 1. The fraction of sp³-hybridized carbons (Fsp3) is 0.875. The van der Waals surface area contributed by atoms with Crippen LogP contribution in [0.3, 0.4) is 0 Å². The summed E-state index contributed by atoms with van der Waals surface area (Å²) in [4.78, 5) is 11.1. The van der Waals surface area contributed by atoms with Crippen LogP contribution in [0, 0.1) is 5.41 Å². The first-order valence-electron chi connectivity index (χ1n) is 4.24. The van der Waals surface area contributed by atoms with E-state index in [1.807, 2.05) is 6.92 Å². The number of hydrogen-bond donors (Lipinski definition) is 1. The molecule has 0 spiro atoms. The number of carboxylic acid groups (broad SMARTS) is 1. The van der Waals surface area contributed by atoms with Crippen LogP contribution in [0.1, 0.15) is 26.2 Å². The largest absolute Gasteiger partial charge is 0.481 e. The zero-order valence-corrected chi connectivity index (χ0v) is 10.5. The van der Waals surface area contributed by atoms with Gasteiger partial charge >= 0.3 is 5.97 Å². The third kappa shape index (κ3) is 1.27. The maximum absolute atomic E-state index is 11.1. The molecule has 1 aliphatic rings. The Labute approximate surface area is 102 Å². The molecule has 0 bridgehead atoms. The Kier molecular flexibility index (Phi) is 3.25. The highest BCUT2D eigenvalue weighted by molar-refractivity contribution is 6.70. The van der Waals surface area contributed by atoms with E-state index in [2.05, 4.69) is 0 Å². The summed E-state index contributed by atoms with van der Waals surface area (Å²) in [5.41, 5.74) is -1.43. The maximum Gasteiger partial charge on any atom is 0.316 e. The fourth-order valence-corrected chi connectivity index (χ4v) is 3.52. The average molecular weight is 280 g/mol. The molecule has 0 unspecified atom stereocenters. The molecule has 1 fully saturated rings. The smallest absolute Gasteiger partial charge is 0.316 e. The Morgan fingerprint density at radius 3 is 1.86 bits per heavy atom. The number of halogens is 4. The molecule has 1 aliphatic carbocycles. The topological polar surface area (TPSA) is 37.3 Å². The lowest BCUT2D eigenvalue weighted by Gasteiger charge is -2.11. The molecule has 0 atom stereocenters. The first-order valence-corrected chi connectivity index (χ1v) is 5.76. The second-order valence-corrected chi connectivity index (χ2v) is 6.12. The lowest BCUT2D eigenvalue weighted by atomic mass is 9.99. The lowest BCUT2D eigenvalue weighted by molar-refractivity contribution is -0.143. The number of alkyl halides is 4. The van der Waals surface area contributed by atoms with Gasteiger partial charge in [0.15, 0.2) is 8.67 Å². The minimum absolute atomic E-state index is 0.291. The van der Waals surface area contributed by atoms with E-state index in [4.69, 9.17) is 51.5 Å². The molecule has 0 amide bonds. The van der Waals surface area contributed by atoms with Crippen molar-refractivity contribution >= 4 is 52.4 Å². The van der Waals surface area contributed by atoms with E-state index in [1.165, 1.54) is 0 Å². The van der Waals surface area contributed by atoms with Gasteiger partial charge in [-0.1, -0.05) is 66.2 Å². The number of aliphatic carboxylic acids is 1. The van der Waals surface area contributed by atoms with Crippen molar-refractivity contribution in [3.63, 3.8) is 0 Å². The van der Waals surface area contributed by atoms with E-state index in [9.17, 15) is 4.79 Å². The van der Waals surface area contributed by atoms with Gasteiger partial charge in [0.05, 0.1) is 0 Å². The molecule has 0 aliphatic heterocycles. The standard InChI is InChI=1S/C8H10Cl4O2/c1-2-3-4-6(5(13)14)7(9,10)8(6,11)12/h2-4H2,1H3,(H,13,14). The molecule has 0 saturated heterocycles. The Morgan fingerprint density at radius 1 is 1.21 bits per heavy atom. The Morgan fingerprint density at radius 2 is 1.64 bits per heavy atom. The molecule has 14 heavy (non-hydrogen) atoms. The Hall–Kier alpha value is 0.630. The van der Waals surface area contributed by atoms with E-state index < -0.39 is 20.1 Å². The molecule has 1 N–H and O–H groups in total. The van der Waals surface area contributed by atoms with Crippen LogP contribution < -0.4 is 0 Å². The van der Waals surface area contributed by atoms with Gasteiger partial charge in [-0.3, -0.25) is 4.79 Å². The first kappa shape index (κ1) is 12.7. The van der Waals surface area contributed by atoms with Gasteiger partial charge < -0.3 is 5.11 Å². The van der Waals surface area contributed by atoms with Crippen molar-refractivity contribution in [2.24, 2.45) is 5.41 Å². The van der Waals surface area contributed by atoms with E-state index in [-0.39, 0.29) is 0 Å². The summed E-state index contributed by atoms with van der Waals surface area (Å²) in [6.45, 7) is 1.94. The van der Waals surface area contributed by atoms with Crippen molar-refractivity contribution in [3.8, 4) is 0 Å². The predicted molar refractivity (Wildman–Crippen MR) is 58.5 cm³/mol. The monoisotopic (exact) mass is 278 g/mol. The van der Waals surface area contributed by atoms with Crippen molar-refractivity contribution in [2.45, 2.75) is 34.9 Å². The summed E-state index contributed by atoms with van der Waals surface area (Å²) >= 11 is 23.2. The fourth-order valence-electron chi connectivity index (χ4n) is 1.60. The highest BCUT2D eigenvalue weighted by atomic mass is 35.5. The SMILES string of the molecule is CCCCC1(C(=O)O)C(Cl)(Cl)C1(Cl)Cl. The van der Waals surface area contributed by atoms with Gasteiger partial charge in [0.2, 0.25) is 0 Å². The second kappa shape index (κ2) is 3.58. The van der Waals surface area contributed by atoms with Crippen LogP contribution in [0.4, 0.5) is 0 Å². The number of carbonyl (C=O) groups is 1. The average Bonchev–Trinajstić information content (AvgIpc) is 2.37. The highest BCUT2D eigenvalue weighted by Crippen LogP contribution is 2.79. The second-order valence-electron chi connectivity index (χ2n) is 3.46. The quantitative estimate of drug-likeness (QED) is 0.799. The molecule has 0 aromatic carbocycles. The molecule has 0 heterocycles. The van der Waals surface area contributed by atoms with Crippen molar-refractivity contribution in [1.29, 1.82) is 0 Å². The molecule has 6 heteroatoms. The van der Waals surface area contributed by atoms with E-state index in [0.717, 1.165) is 6.42 Å². The van der Waals surface area contributed by atoms with Crippen molar-refractivity contribution in [3.05, 3.63) is 0 Å². The van der Waals surface area contributed by atoms with Gasteiger partial charge in [0.25, 0.3) is 0 Å². The van der Waals surface area contributed by atoms with Crippen molar-refractivity contribution < 1.29 is 9.90 Å². The summed E-state index contributed by atoms with van der Waals surface area (Å²) in [7, 11) is 0. The lowest BCUT2D eigenvalue weighted by Crippen LogP contribution is -2.23. The van der Waals surface area contributed by atoms with Crippen LogP contribution in [-0.2, 0) is 4.79 Å². The van der Waals surface area contributed by atoms with Crippen LogP contribution in [0.2, 0.25) is 0 Å².